The van der Waals surface area contributed by atoms with Crippen LogP contribution < -0.4 is 5.32 Å². The van der Waals surface area contributed by atoms with Crippen LogP contribution >= 0.6 is 11.8 Å². The standard InChI is InChI=1S/C16H13N3O4S/c20-15(17-9-11-5-7-12(8-6-11)19(21)22)10-24-16-18-13-3-1-2-4-14(13)23-16/h1-8H,9-10H2,(H,17,20). The third kappa shape index (κ3) is 3.90. The smallest absolute Gasteiger partial charge is 0.269 e. The highest BCUT2D eigenvalue weighted by Crippen LogP contribution is 2.22. The Morgan fingerprint density at radius 3 is 2.67 bits per heavy atom. The maximum atomic E-state index is 11.9. The number of nitrogens with one attached hydrogen (secondary N) is 1. The van der Waals surface area contributed by atoms with Crippen LogP contribution in [-0.2, 0) is 11.3 Å². The Morgan fingerprint density at radius 2 is 1.96 bits per heavy atom. The molecule has 3 rings (SSSR count). The van der Waals surface area contributed by atoms with Gasteiger partial charge in [0.25, 0.3) is 10.9 Å². The van der Waals surface area contributed by atoms with E-state index < -0.39 is 4.92 Å². The van der Waals surface area contributed by atoms with E-state index in [9.17, 15) is 14.9 Å². The van der Waals surface area contributed by atoms with Crippen LogP contribution in [0.4, 0.5) is 5.69 Å². The fraction of sp³-hybridized carbons (Fsp3) is 0.125. The first-order valence-corrected chi connectivity index (χ1v) is 8.09. The van der Waals surface area contributed by atoms with Crippen LogP contribution in [0.3, 0.4) is 0 Å². The van der Waals surface area contributed by atoms with Crippen molar-refractivity contribution in [3.05, 3.63) is 64.2 Å². The quantitative estimate of drug-likeness (QED) is 0.419. The topological polar surface area (TPSA) is 98.3 Å². The van der Waals surface area contributed by atoms with Crippen LogP contribution in [0.25, 0.3) is 11.1 Å². The molecule has 8 heteroatoms. The van der Waals surface area contributed by atoms with Crippen molar-refractivity contribution in [1.29, 1.82) is 0 Å². The zero-order valence-electron chi connectivity index (χ0n) is 12.5. The van der Waals surface area contributed by atoms with Crippen LogP contribution in [0.1, 0.15) is 5.56 Å². The molecule has 1 aromatic heterocycles. The molecule has 24 heavy (non-hydrogen) atoms. The second kappa shape index (κ2) is 7.14. The summed E-state index contributed by atoms with van der Waals surface area (Å²) in [4.78, 5) is 26.3. The maximum Gasteiger partial charge on any atom is 0.269 e. The first-order chi connectivity index (χ1) is 11.6. The van der Waals surface area contributed by atoms with Gasteiger partial charge in [-0.3, -0.25) is 14.9 Å². The van der Waals surface area contributed by atoms with Crippen LogP contribution in [-0.4, -0.2) is 21.6 Å². The van der Waals surface area contributed by atoms with Crippen molar-refractivity contribution in [2.75, 3.05) is 5.75 Å². The molecule has 1 amide bonds. The average Bonchev–Trinajstić information content (AvgIpc) is 3.01. The molecular formula is C16H13N3O4S. The summed E-state index contributed by atoms with van der Waals surface area (Å²) in [5, 5.41) is 13.8. The number of nitro benzene ring substituents is 1. The van der Waals surface area contributed by atoms with Gasteiger partial charge < -0.3 is 9.73 Å². The van der Waals surface area contributed by atoms with Gasteiger partial charge in [-0.15, -0.1) is 0 Å². The monoisotopic (exact) mass is 343 g/mol. The van der Waals surface area contributed by atoms with E-state index >= 15 is 0 Å². The highest BCUT2D eigenvalue weighted by molar-refractivity contribution is 7.99. The molecule has 0 aliphatic heterocycles. The van der Waals surface area contributed by atoms with Gasteiger partial charge in [-0.05, 0) is 17.7 Å². The number of benzene rings is 2. The number of oxazole rings is 1. The number of nitro groups is 1. The molecule has 0 radical (unpaired) electrons. The molecule has 0 aliphatic rings. The van der Waals surface area contributed by atoms with Gasteiger partial charge in [0.2, 0.25) is 5.91 Å². The SMILES string of the molecule is O=C(CSc1nc2ccccc2o1)NCc1ccc([N+](=O)[O-])cc1. The molecule has 0 bridgehead atoms. The van der Waals surface area contributed by atoms with Gasteiger partial charge in [0.15, 0.2) is 5.58 Å². The minimum absolute atomic E-state index is 0.0246. The summed E-state index contributed by atoms with van der Waals surface area (Å²) >= 11 is 1.22. The molecule has 2 aromatic carbocycles. The van der Waals surface area contributed by atoms with Crippen LogP contribution in [0.5, 0.6) is 0 Å². The van der Waals surface area contributed by atoms with Crippen LogP contribution in [0.15, 0.2) is 58.2 Å². The third-order valence-electron chi connectivity index (χ3n) is 3.24. The van der Waals surface area contributed by atoms with Crippen molar-refractivity contribution < 1.29 is 14.1 Å². The predicted molar refractivity (Wildman–Crippen MR) is 89.7 cm³/mol. The molecular weight excluding hydrogens is 330 g/mol. The van der Waals surface area contributed by atoms with Crippen LogP contribution in [0, 0.1) is 10.1 Å². The molecule has 1 heterocycles. The van der Waals surface area contributed by atoms with Crippen molar-refractivity contribution in [2.24, 2.45) is 0 Å². The molecule has 0 saturated carbocycles. The Balaban J connectivity index is 1.49. The molecule has 0 saturated heterocycles. The lowest BCUT2D eigenvalue weighted by atomic mass is 10.2. The van der Waals surface area contributed by atoms with Crippen molar-refractivity contribution in [3.8, 4) is 0 Å². The second-order valence-electron chi connectivity index (χ2n) is 4.94. The summed E-state index contributed by atoms with van der Waals surface area (Å²) in [5.74, 6) is 0.0143. The number of hydrogen-bond acceptors (Lipinski definition) is 6. The fourth-order valence-electron chi connectivity index (χ4n) is 2.03. The summed E-state index contributed by atoms with van der Waals surface area (Å²) in [6.07, 6.45) is 0. The number of rotatable bonds is 6. The number of fused-ring (bicyclic) bond motifs is 1. The highest BCUT2D eigenvalue weighted by atomic mass is 32.2. The lowest BCUT2D eigenvalue weighted by Gasteiger charge is -2.04. The maximum absolute atomic E-state index is 11.9. The van der Waals surface area contributed by atoms with Crippen molar-refractivity contribution in [1.82, 2.24) is 10.3 Å². The summed E-state index contributed by atoms with van der Waals surface area (Å²) in [6.45, 7) is 0.310. The van der Waals surface area contributed by atoms with Gasteiger partial charge in [0, 0.05) is 18.7 Å². The number of nitrogens with zero attached hydrogens (tertiary/aromatic N) is 2. The number of aromatic nitrogens is 1. The number of carbonyl (C=O) groups excluding carboxylic acids is 1. The Hall–Kier alpha value is -2.87. The van der Waals surface area contributed by atoms with Crippen molar-refractivity contribution >= 4 is 34.5 Å². The molecule has 7 nitrogen and oxygen atoms in total. The normalized spacial score (nSPS) is 10.7. The lowest BCUT2D eigenvalue weighted by molar-refractivity contribution is -0.384. The number of thioether (sulfide) groups is 1. The fourth-order valence-corrected chi connectivity index (χ4v) is 2.70. The summed E-state index contributed by atoms with van der Waals surface area (Å²) < 4.78 is 5.52. The highest BCUT2D eigenvalue weighted by Gasteiger charge is 2.09. The van der Waals surface area contributed by atoms with E-state index in [2.05, 4.69) is 10.3 Å². The van der Waals surface area contributed by atoms with Gasteiger partial charge >= 0.3 is 0 Å². The van der Waals surface area contributed by atoms with E-state index in [4.69, 9.17) is 4.42 Å². The predicted octanol–water partition coefficient (Wildman–Crippen LogP) is 3.14. The third-order valence-corrected chi connectivity index (χ3v) is 4.07. The van der Waals surface area contributed by atoms with Crippen molar-refractivity contribution in [3.63, 3.8) is 0 Å². The van der Waals surface area contributed by atoms with Crippen LogP contribution in [0.2, 0.25) is 0 Å². The van der Waals surface area contributed by atoms with Crippen molar-refractivity contribution in [2.45, 2.75) is 11.8 Å². The van der Waals surface area contributed by atoms with E-state index in [1.54, 1.807) is 12.1 Å². The van der Waals surface area contributed by atoms with Gasteiger partial charge in [-0.25, -0.2) is 4.98 Å². The largest absolute Gasteiger partial charge is 0.431 e. The van der Waals surface area contributed by atoms with E-state index in [0.29, 0.717) is 17.4 Å². The van der Waals surface area contributed by atoms with Gasteiger partial charge in [0.05, 0.1) is 10.7 Å². The van der Waals surface area contributed by atoms with Gasteiger partial charge in [0.1, 0.15) is 5.52 Å². The van der Waals surface area contributed by atoms with E-state index in [1.165, 1.54) is 23.9 Å². The lowest BCUT2D eigenvalue weighted by Crippen LogP contribution is -2.24. The zero-order chi connectivity index (χ0) is 16.9. The molecule has 122 valence electrons. The first-order valence-electron chi connectivity index (χ1n) is 7.10. The van der Waals surface area contributed by atoms with Gasteiger partial charge in [-0.2, -0.15) is 0 Å². The molecule has 0 unspecified atom stereocenters. The number of amides is 1. The number of carbonyl (C=O) groups is 1. The Bertz CT molecular complexity index is 843. The summed E-state index contributed by atoms with van der Waals surface area (Å²) in [7, 11) is 0. The Morgan fingerprint density at radius 1 is 1.21 bits per heavy atom. The van der Waals surface area contributed by atoms with E-state index in [1.807, 2.05) is 24.3 Å². The molecule has 0 atom stereocenters. The second-order valence-corrected chi connectivity index (χ2v) is 5.86. The van der Waals surface area contributed by atoms with E-state index in [0.717, 1.165) is 11.1 Å². The molecule has 3 aromatic rings. The molecule has 0 spiro atoms. The molecule has 1 N–H and O–H groups in total. The first kappa shape index (κ1) is 16.0. The Labute approximate surface area is 141 Å². The summed E-state index contributed by atoms with van der Waals surface area (Å²) in [6, 6.07) is 13.5. The minimum atomic E-state index is -0.459. The Kier molecular flexibility index (Phi) is 4.76. The number of non-ortho nitro benzene ring substituents is 1. The zero-order valence-corrected chi connectivity index (χ0v) is 13.3. The molecule has 0 fully saturated rings. The van der Waals surface area contributed by atoms with Gasteiger partial charge in [-0.1, -0.05) is 36.0 Å². The summed E-state index contributed by atoms with van der Waals surface area (Å²) in [5.41, 5.74) is 2.26. The van der Waals surface area contributed by atoms with E-state index in [-0.39, 0.29) is 17.3 Å². The number of para-hydroxylation sites is 2. The molecule has 0 aliphatic carbocycles. The average molecular weight is 343 g/mol. The minimum Gasteiger partial charge on any atom is -0.431 e. The number of hydrogen-bond donors (Lipinski definition) is 1.